The fourth-order valence-electron chi connectivity index (χ4n) is 3.78. The third-order valence-electron chi connectivity index (χ3n) is 5.09. The summed E-state index contributed by atoms with van der Waals surface area (Å²) in [6, 6.07) is 16.7. The summed E-state index contributed by atoms with van der Waals surface area (Å²) in [7, 11) is 2.02. The maximum absolute atomic E-state index is 12.9. The predicted molar refractivity (Wildman–Crippen MR) is 108 cm³/mol. The van der Waals surface area contributed by atoms with Gasteiger partial charge in [-0.2, -0.15) is 0 Å². The standard InChI is InChI=1S/C23H23NO2/c1-4-5-12-26-23(25)19-14-16-13-15(2)10-11-17(16)21-18-8-6-7-9-20(18)24(3)22(19)21/h6-11,13-14H,4-5,12H2,1-3H3. The van der Waals surface area contributed by atoms with E-state index in [1.54, 1.807) is 0 Å². The molecular weight excluding hydrogens is 322 g/mol. The SMILES string of the molecule is CCCCOC(=O)c1cc2cc(C)ccc2c2c3ccccc3n(C)c12. The summed E-state index contributed by atoms with van der Waals surface area (Å²) in [5.41, 5.74) is 3.90. The van der Waals surface area contributed by atoms with Gasteiger partial charge >= 0.3 is 5.97 Å². The van der Waals surface area contributed by atoms with Crippen LogP contribution >= 0.6 is 0 Å². The second-order valence-corrected chi connectivity index (χ2v) is 6.94. The van der Waals surface area contributed by atoms with Gasteiger partial charge in [0, 0.05) is 23.3 Å². The summed E-state index contributed by atoms with van der Waals surface area (Å²) < 4.78 is 7.67. The van der Waals surface area contributed by atoms with E-state index in [-0.39, 0.29) is 5.97 Å². The van der Waals surface area contributed by atoms with Crippen LogP contribution in [-0.2, 0) is 11.8 Å². The lowest BCUT2D eigenvalue weighted by molar-refractivity contribution is 0.0502. The maximum Gasteiger partial charge on any atom is 0.340 e. The number of aromatic nitrogens is 1. The molecular formula is C23H23NO2. The van der Waals surface area contributed by atoms with Crippen LogP contribution in [0.4, 0.5) is 0 Å². The second kappa shape index (κ2) is 6.49. The number of hydrogen-bond donors (Lipinski definition) is 0. The Kier molecular flexibility index (Phi) is 4.15. The van der Waals surface area contributed by atoms with Crippen LogP contribution in [0, 0.1) is 6.92 Å². The molecule has 0 amide bonds. The number of rotatable bonds is 4. The molecule has 0 aliphatic carbocycles. The van der Waals surface area contributed by atoms with Gasteiger partial charge in [0.05, 0.1) is 17.7 Å². The zero-order valence-electron chi connectivity index (χ0n) is 15.5. The van der Waals surface area contributed by atoms with Crippen molar-refractivity contribution in [2.75, 3.05) is 6.61 Å². The monoisotopic (exact) mass is 345 g/mol. The summed E-state index contributed by atoms with van der Waals surface area (Å²) in [6.07, 6.45) is 1.89. The van der Waals surface area contributed by atoms with E-state index in [0.29, 0.717) is 12.2 Å². The molecule has 0 unspecified atom stereocenters. The zero-order valence-corrected chi connectivity index (χ0v) is 15.5. The lowest BCUT2D eigenvalue weighted by Crippen LogP contribution is -2.08. The molecule has 1 heterocycles. The first-order chi connectivity index (χ1) is 12.6. The van der Waals surface area contributed by atoms with E-state index in [1.807, 2.05) is 25.2 Å². The molecule has 0 saturated heterocycles. The Morgan fingerprint density at radius 2 is 1.88 bits per heavy atom. The summed E-state index contributed by atoms with van der Waals surface area (Å²) >= 11 is 0. The van der Waals surface area contributed by atoms with Crippen LogP contribution < -0.4 is 0 Å². The molecule has 0 atom stereocenters. The smallest absolute Gasteiger partial charge is 0.340 e. The molecule has 4 aromatic rings. The summed E-state index contributed by atoms with van der Waals surface area (Å²) in [4.78, 5) is 12.9. The van der Waals surface area contributed by atoms with Gasteiger partial charge in [0.15, 0.2) is 0 Å². The quantitative estimate of drug-likeness (QED) is 0.348. The molecule has 1 aromatic heterocycles. The van der Waals surface area contributed by atoms with Crippen LogP contribution in [0.5, 0.6) is 0 Å². The Labute approximate surface area is 153 Å². The molecule has 4 rings (SSSR count). The average Bonchev–Trinajstić information content (AvgIpc) is 2.94. The number of carbonyl (C=O) groups excluding carboxylic acids is 1. The van der Waals surface area contributed by atoms with E-state index >= 15 is 0 Å². The lowest BCUT2D eigenvalue weighted by Gasteiger charge is -2.10. The minimum atomic E-state index is -0.238. The molecule has 3 heteroatoms. The van der Waals surface area contributed by atoms with E-state index < -0.39 is 0 Å². The Balaban J connectivity index is 2.07. The van der Waals surface area contributed by atoms with Crippen molar-refractivity contribution in [2.45, 2.75) is 26.7 Å². The van der Waals surface area contributed by atoms with E-state index in [2.05, 4.69) is 48.7 Å². The topological polar surface area (TPSA) is 31.2 Å². The fraction of sp³-hybridized carbons (Fsp3) is 0.261. The van der Waals surface area contributed by atoms with E-state index in [0.717, 1.165) is 34.6 Å². The molecule has 0 fully saturated rings. The Morgan fingerprint density at radius 1 is 1.08 bits per heavy atom. The van der Waals surface area contributed by atoms with Crippen molar-refractivity contribution in [1.82, 2.24) is 4.57 Å². The van der Waals surface area contributed by atoms with Crippen LogP contribution in [0.25, 0.3) is 32.6 Å². The highest BCUT2D eigenvalue weighted by Gasteiger charge is 2.20. The minimum Gasteiger partial charge on any atom is -0.462 e. The lowest BCUT2D eigenvalue weighted by atomic mass is 9.98. The number of ether oxygens (including phenoxy) is 1. The first-order valence-electron chi connectivity index (χ1n) is 9.19. The highest BCUT2D eigenvalue weighted by molar-refractivity contribution is 6.25. The van der Waals surface area contributed by atoms with Gasteiger partial charge in [-0.1, -0.05) is 55.3 Å². The maximum atomic E-state index is 12.9. The number of fused-ring (bicyclic) bond motifs is 5. The Morgan fingerprint density at radius 3 is 2.69 bits per heavy atom. The number of unbranched alkanes of at least 4 members (excludes halogenated alkanes) is 1. The predicted octanol–water partition coefficient (Wildman–Crippen LogP) is 5.75. The first-order valence-corrected chi connectivity index (χ1v) is 9.19. The molecule has 0 radical (unpaired) electrons. The molecule has 132 valence electrons. The van der Waals surface area contributed by atoms with Crippen LogP contribution in [0.3, 0.4) is 0 Å². The highest BCUT2D eigenvalue weighted by Crippen LogP contribution is 2.37. The molecule has 3 aromatic carbocycles. The van der Waals surface area contributed by atoms with Crippen molar-refractivity contribution >= 4 is 38.5 Å². The Hall–Kier alpha value is -2.81. The van der Waals surface area contributed by atoms with Crippen LogP contribution in [-0.4, -0.2) is 17.1 Å². The fourth-order valence-corrected chi connectivity index (χ4v) is 3.78. The largest absolute Gasteiger partial charge is 0.462 e. The summed E-state index contributed by atoms with van der Waals surface area (Å²) in [5, 5.41) is 4.55. The third-order valence-corrected chi connectivity index (χ3v) is 5.09. The molecule has 0 bridgehead atoms. The number of hydrogen-bond acceptors (Lipinski definition) is 2. The van der Waals surface area contributed by atoms with Gasteiger partial charge in [-0.25, -0.2) is 4.79 Å². The van der Waals surface area contributed by atoms with Gasteiger partial charge in [-0.15, -0.1) is 0 Å². The van der Waals surface area contributed by atoms with E-state index in [1.165, 1.54) is 16.3 Å². The van der Waals surface area contributed by atoms with Gasteiger partial charge in [-0.05, 0) is 36.2 Å². The van der Waals surface area contributed by atoms with Crippen molar-refractivity contribution in [3.63, 3.8) is 0 Å². The van der Waals surface area contributed by atoms with Crippen molar-refractivity contribution < 1.29 is 9.53 Å². The van der Waals surface area contributed by atoms with Gasteiger partial charge in [0.1, 0.15) is 0 Å². The molecule has 0 N–H and O–H groups in total. The van der Waals surface area contributed by atoms with Gasteiger partial charge in [0.2, 0.25) is 0 Å². The van der Waals surface area contributed by atoms with Crippen molar-refractivity contribution in [3.05, 3.63) is 59.7 Å². The third kappa shape index (κ3) is 2.55. The number of esters is 1. The van der Waals surface area contributed by atoms with E-state index in [9.17, 15) is 4.79 Å². The number of aryl methyl sites for hydroxylation is 2. The van der Waals surface area contributed by atoms with Gasteiger partial charge in [0.25, 0.3) is 0 Å². The van der Waals surface area contributed by atoms with E-state index in [4.69, 9.17) is 4.74 Å². The number of carbonyl (C=O) groups is 1. The van der Waals surface area contributed by atoms with Crippen LogP contribution in [0.15, 0.2) is 48.5 Å². The number of para-hydroxylation sites is 1. The molecule has 0 aliphatic heterocycles. The molecule has 0 saturated carbocycles. The van der Waals surface area contributed by atoms with Crippen LogP contribution in [0.1, 0.15) is 35.7 Å². The minimum absolute atomic E-state index is 0.238. The molecule has 0 aliphatic rings. The highest BCUT2D eigenvalue weighted by atomic mass is 16.5. The van der Waals surface area contributed by atoms with Crippen molar-refractivity contribution in [2.24, 2.45) is 7.05 Å². The Bertz CT molecular complexity index is 1140. The normalized spacial score (nSPS) is 11.5. The first kappa shape index (κ1) is 16.6. The van der Waals surface area contributed by atoms with Gasteiger partial charge < -0.3 is 9.30 Å². The average molecular weight is 345 g/mol. The van der Waals surface area contributed by atoms with Gasteiger partial charge in [-0.3, -0.25) is 0 Å². The zero-order chi connectivity index (χ0) is 18.3. The molecule has 3 nitrogen and oxygen atoms in total. The molecule has 26 heavy (non-hydrogen) atoms. The summed E-state index contributed by atoms with van der Waals surface area (Å²) in [5.74, 6) is -0.238. The number of nitrogens with zero attached hydrogens (tertiary/aromatic N) is 1. The second-order valence-electron chi connectivity index (χ2n) is 6.94. The van der Waals surface area contributed by atoms with Crippen molar-refractivity contribution in [1.29, 1.82) is 0 Å². The van der Waals surface area contributed by atoms with Crippen LogP contribution in [0.2, 0.25) is 0 Å². The molecule has 0 spiro atoms. The number of benzene rings is 3. The summed E-state index contributed by atoms with van der Waals surface area (Å²) in [6.45, 7) is 4.63. The van der Waals surface area contributed by atoms with Crippen molar-refractivity contribution in [3.8, 4) is 0 Å².